The molecule has 1 aliphatic rings. The van der Waals surface area contributed by atoms with Crippen LogP contribution < -0.4 is 10.1 Å². The summed E-state index contributed by atoms with van der Waals surface area (Å²) in [5, 5.41) is 4.33. The van der Waals surface area contributed by atoms with Crippen molar-refractivity contribution in [2.75, 3.05) is 19.0 Å². The molecule has 1 aliphatic carbocycles. The Balaban J connectivity index is 1.59. The van der Waals surface area contributed by atoms with Crippen molar-refractivity contribution in [2.45, 2.75) is 33.1 Å². The molecule has 0 aliphatic heterocycles. The van der Waals surface area contributed by atoms with Gasteiger partial charge in [-0.25, -0.2) is 9.78 Å². The summed E-state index contributed by atoms with van der Waals surface area (Å²) in [5.74, 6) is 0.549. The molecule has 1 amide bonds. The van der Waals surface area contributed by atoms with Crippen LogP contribution >= 0.6 is 11.3 Å². The number of carbonyl (C=O) groups is 2. The summed E-state index contributed by atoms with van der Waals surface area (Å²) in [6.07, 6.45) is 2.72. The quantitative estimate of drug-likeness (QED) is 0.305. The van der Waals surface area contributed by atoms with Crippen LogP contribution in [0.5, 0.6) is 5.75 Å². The lowest BCUT2D eigenvalue weighted by atomic mass is 9.88. The maximum Gasteiger partial charge on any atom is 0.341 e. The van der Waals surface area contributed by atoms with E-state index in [2.05, 4.69) is 12.2 Å². The number of para-hydroxylation sites is 2. The maximum atomic E-state index is 13.7. The summed E-state index contributed by atoms with van der Waals surface area (Å²) in [5.41, 5.74) is 4.14. The fourth-order valence-corrected chi connectivity index (χ4v) is 6.18. The van der Waals surface area contributed by atoms with E-state index in [0.29, 0.717) is 45.6 Å². The molecule has 4 aromatic rings. The molecule has 6 nitrogen and oxygen atoms in total. The lowest BCUT2D eigenvalue weighted by Gasteiger charge is -2.18. The topological polar surface area (TPSA) is 77.5 Å². The summed E-state index contributed by atoms with van der Waals surface area (Å²) in [6, 6.07) is 17.0. The predicted molar refractivity (Wildman–Crippen MR) is 143 cm³/mol. The summed E-state index contributed by atoms with van der Waals surface area (Å²) in [6.45, 7) is 4.67. The van der Waals surface area contributed by atoms with Crippen LogP contribution in [0.25, 0.3) is 22.2 Å². The first-order chi connectivity index (χ1) is 17.5. The number of thiophene rings is 1. The summed E-state index contributed by atoms with van der Waals surface area (Å²) < 4.78 is 10.9. The standard InChI is InChI=1S/C29H28N2O4S/c1-4-35-24-12-8-6-10-19(24)23-16-21(18-9-5-7-11-22(18)30-23)27(32)31-28-26(29(33)34-3)20-14-13-17(2)15-25(20)36-28/h5-12,16-17H,4,13-15H2,1-3H3,(H,31,32)/t17-/m0/s1. The number of amides is 1. The normalized spacial score (nSPS) is 14.8. The molecule has 7 heteroatoms. The minimum Gasteiger partial charge on any atom is -0.493 e. The zero-order valence-corrected chi connectivity index (χ0v) is 21.4. The van der Waals surface area contributed by atoms with Crippen molar-refractivity contribution in [1.82, 2.24) is 4.98 Å². The van der Waals surface area contributed by atoms with Crippen molar-refractivity contribution in [1.29, 1.82) is 0 Å². The minimum atomic E-state index is -0.414. The van der Waals surface area contributed by atoms with Crippen LogP contribution in [0.1, 0.15) is 51.4 Å². The molecule has 0 fully saturated rings. The van der Waals surface area contributed by atoms with Crippen molar-refractivity contribution in [3.63, 3.8) is 0 Å². The van der Waals surface area contributed by atoms with Gasteiger partial charge in [-0.2, -0.15) is 0 Å². The molecular formula is C29H28N2O4S. The van der Waals surface area contributed by atoms with Gasteiger partial charge < -0.3 is 14.8 Å². The number of nitrogens with zero attached hydrogens (tertiary/aromatic N) is 1. The second-order valence-electron chi connectivity index (χ2n) is 9.00. The fourth-order valence-electron chi connectivity index (χ4n) is 4.79. The number of hydrogen-bond acceptors (Lipinski definition) is 6. The number of benzene rings is 2. The van der Waals surface area contributed by atoms with Gasteiger partial charge >= 0.3 is 5.97 Å². The molecule has 0 spiro atoms. The highest BCUT2D eigenvalue weighted by atomic mass is 32.1. The molecule has 2 aromatic heterocycles. The van der Waals surface area contributed by atoms with Gasteiger partial charge in [-0.05, 0) is 61.9 Å². The van der Waals surface area contributed by atoms with E-state index in [0.717, 1.165) is 40.7 Å². The number of aromatic nitrogens is 1. The van der Waals surface area contributed by atoms with Crippen LogP contribution in [0.3, 0.4) is 0 Å². The number of hydrogen-bond donors (Lipinski definition) is 1. The average Bonchev–Trinajstić information content (AvgIpc) is 3.24. The number of rotatable bonds is 6. The second-order valence-corrected chi connectivity index (χ2v) is 10.1. The molecule has 0 radical (unpaired) electrons. The van der Waals surface area contributed by atoms with Crippen LogP contribution in [-0.2, 0) is 17.6 Å². The third kappa shape index (κ3) is 4.46. The van der Waals surface area contributed by atoms with Crippen molar-refractivity contribution < 1.29 is 19.1 Å². The Labute approximate surface area is 214 Å². The van der Waals surface area contributed by atoms with E-state index < -0.39 is 5.97 Å². The van der Waals surface area contributed by atoms with Crippen LogP contribution in [0, 0.1) is 5.92 Å². The van der Waals surface area contributed by atoms with Crippen LogP contribution in [0.2, 0.25) is 0 Å². The van der Waals surface area contributed by atoms with Crippen molar-refractivity contribution in [2.24, 2.45) is 5.92 Å². The molecule has 36 heavy (non-hydrogen) atoms. The SMILES string of the molecule is CCOc1ccccc1-c1cc(C(=O)Nc2sc3c(c2C(=O)OC)CC[C@H](C)C3)c2ccccc2n1. The van der Waals surface area contributed by atoms with Crippen LogP contribution in [-0.4, -0.2) is 30.6 Å². The number of carbonyl (C=O) groups excluding carboxylic acids is 2. The molecular weight excluding hydrogens is 472 g/mol. The number of esters is 1. The van der Waals surface area contributed by atoms with E-state index in [1.165, 1.54) is 18.4 Å². The molecule has 1 atom stereocenters. The number of pyridine rings is 1. The van der Waals surface area contributed by atoms with Gasteiger partial charge in [0.05, 0.1) is 36.1 Å². The first-order valence-electron chi connectivity index (χ1n) is 12.2. The highest BCUT2D eigenvalue weighted by Gasteiger charge is 2.29. The molecule has 1 N–H and O–H groups in total. The molecule has 2 aromatic carbocycles. The van der Waals surface area contributed by atoms with Crippen molar-refractivity contribution >= 4 is 39.1 Å². The first-order valence-corrected chi connectivity index (χ1v) is 13.0. The van der Waals surface area contributed by atoms with Gasteiger partial charge in [-0.1, -0.05) is 37.3 Å². The lowest BCUT2D eigenvalue weighted by molar-refractivity contribution is 0.0601. The van der Waals surface area contributed by atoms with Gasteiger partial charge in [0.25, 0.3) is 5.91 Å². The van der Waals surface area contributed by atoms with E-state index in [1.807, 2.05) is 55.5 Å². The van der Waals surface area contributed by atoms with Crippen LogP contribution in [0.15, 0.2) is 54.6 Å². The third-order valence-electron chi connectivity index (χ3n) is 6.55. The van der Waals surface area contributed by atoms with E-state index in [9.17, 15) is 9.59 Å². The highest BCUT2D eigenvalue weighted by molar-refractivity contribution is 7.17. The van der Waals surface area contributed by atoms with Crippen molar-refractivity contribution in [3.8, 4) is 17.0 Å². The zero-order chi connectivity index (χ0) is 25.2. The first kappa shape index (κ1) is 24.0. The Bertz CT molecular complexity index is 1460. The average molecular weight is 501 g/mol. The number of fused-ring (bicyclic) bond motifs is 2. The largest absolute Gasteiger partial charge is 0.493 e. The van der Waals surface area contributed by atoms with E-state index in [1.54, 1.807) is 6.07 Å². The lowest BCUT2D eigenvalue weighted by Crippen LogP contribution is -2.16. The van der Waals surface area contributed by atoms with Gasteiger partial charge in [-0.3, -0.25) is 4.79 Å². The molecule has 0 saturated heterocycles. The monoisotopic (exact) mass is 500 g/mol. The zero-order valence-electron chi connectivity index (χ0n) is 20.6. The van der Waals surface area contributed by atoms with Crippen molar-refractivity contribution in [3.05, 3.63) is 76.2 Å². The van der Waals surface area contributed by atoms with E-state index in [4.69, 9.17) is 14.5 Å². The summed E-state index contributed by atoms with van der Waals surface area (Å²) >= 11 is 1.48. The Hall–Kier alpha value is -3.71. The van der Waals surface area contributed by atoms with Gasteiger partial charge in [-0.15, -0.1) is 11.3 Å². The molecule has 5 rings (SSSR count). The van der Waals surface area contributed by atoms with Gasteiger partial charge in [0.2, 0.25) is 0 Å². The molecule has 0 saturated carbocycles. The Morgan fingerprint density at radius 3 is 2.72 bits per heavy atom. The fraction of sp³-hybridized carbons (Fsp3) is 0.276. The minimum absolute atomic E-state index is 0.291. The molecule has 0 bridgehead atoms. The third-order valence-corrected chi connectivity index (χ3v) is 7.72. The molecule has 0 unspecified atom stereocenters. The number of nitrogens with one attached hydrogen (secondary N) is 1. The van der Waals surface area contributed by atoms with Crippen LogP contribution in [0.4, 0.5) is 5.00 Å². The predicted octanol–water partition coefficient (Wildman–Crippen LogP) is 6.53. The van der Waals surface area contributed by atoms with E-state index >= 15 is 0 Å². The van der Waals surface area contributed by atoms with Gasteiger partial charge in [0, 0.05) is 15.8 Å². The second kappa shape index (κ2) is 10.1. The Morgan fingerprint density at radius 1 is 1.14 bits per heavy atom. The molecule has 184 valence electrons. The summed E-state index contributed by atoms with van der Waals surface area (Å²) in [4.78, 5) is 32.4. The maximum absolute atomic E-state index is 13.7. The Kier molecular flexibility index (Phi) is 6.74. The Morgan fingerprint density at radius 2 is 1.92 bits per heavy atom. The van der Waals surface area contributed by atoms with Gasteiger partial charge in [0.1, 0.15) is 10.8 Å². The molecule has 2 heterocycles. The highest BCUT2D eigenvalue weighted by Crippen LogP contribution is 2.40. The van der Waals surface area contributed by atoms with E-state index in [-0.39, 0.29) is 5.91 Å². The summed E-state index contributed by atoms with van der Waals surface area (Å²) in [7, 11) is 1.38. The van der Waals surface area contributed by atoms with Gasteiger partial charge in [0.15, 0.2) is 0 Å². The number of anilines is 1. The smallest absolute Gasteiger partial charge is 0.341 e. The number of methoxy groups -OCH3 is 1. The number of ether oxygens (including phenoxy) is 2.